The number of thioether (sulfide) groups is 1. The van der Waals surface area contributed by atoms with E-state index in [0.29, 0.717) is 33.6 Å². The van der Waals surface area contributed by atoms with Crippen molar-refractivity contribution in [3.05, 3.63) is 83.7 Å². The van der Waals surface area contributed by atoms with Crippen LogP contribution in [0.5, 0.6) is 11.5 Å². The SMILES string of the molecule is CCOC(=O)c1ccc(NC(=O)C[C@@H]2SC(=Nc3ccc(F)cc3)N(Cc3ccc4c(c3)OCO4)C2=O)cc1. The first-order valence-corrected chi connectivity index (χ1v) is 13.1. The average molecular weight is 550 g/mol. The van der Waals surface area contributed by atoms with E-state index in [1.807, 2.05) is 6.07 Å². The summed E-state index contributed by atoms with van der Waals surface area (Å²) >= 11 is 1.18. The average Bonchev–Trinajstić information content (AvgIpc) is 3.50. The summed E-state index contributed by atoms with van der Waals surface area (Å²) in [6, 6.07) is 17.4. The third-order valence-corrected chi connectivity index (χ3v) is 7.07. The molecule has 11 heteroatoms. The lowest BCUT2D eigenvalue weighted by molar-refractivity contribution is -0.128. The van der Waals surface area contributed by atoms with Gasteiger partial charge in [0, 0.05) is 12.1 Å². The van der Waals surface area contributed by atoms with Crippen LogP contribution in [0.4, 0.5) is 15.8 Å². The molecule has 2 amide bonds. The Morgan fingerprint density at radius 2 is 1.82 bits per heavy atom. The van der Waals surface area contributed by atoms with Crippen molar-refractivity contribution in [3.63, 3.8) is 0 Å². The van der Waals surface area contributed by atoms with Gasteiger partial charge in [-0.15, -0.1) is 0 Å². The molecule has 1 atom stereocenters. The van der Waals surface area contributed by atoms with Crippen LogP contribution >= 0.6 is 11.8 Å². The molecule has 2 aliphatic heterocycles. The van der Waals surface area contributed by atoms with Crippen molar-refractivity contribution in [2.75, 3.05) is 18.7 Å². The molecule has 5 rings (SSSR count). The molecule has 3 aromatic rings. The van der Waals surface area contributed by atoms with E-state index in [9.17, 15) is 18.8 Å². The zero-order valence-corrected chi connectivity index (χ0v) is 21.7. The number of nitrogens with zero attached hydrogens (tertiary/aromatic N) is 2. The van der Waals surface area contributed by atoms with Gasteiger partial charge in [0.25, 0.3) is 0 Å². The maximum atomic E-state index is 13.4. The molecule has 0 aromatic heterocycles. The summed E-state index contributed by atoms with van der Waals surface area (Å²) in [6.07, 6.45) is -0.0940. The second-order valence-electron chi connectivity index (χ2n) is 8.64. The molecule has 2 heterocycles. The van der Waals surface area contributed by atoms with Gasteiger partial charge in [0.05, 0.1) is 24.4 Å². The van der Waals surface area contributed by atoms with Gasteiger partial charge in [-0.1, -0.05) is 17.8 Å². The second kappa shape index (κ2) is 11.6. The molecule has 2 aliphatic rings. The summed E-state index contributed by atoms with van der Waals surface area (Å²) < 4.78 is 29.2. The lowest BCUT2D eigenvalue weighted by Gasteiger charge is -2.17. The largest absolute Gasteiger partial charge is 0.462 e. The van der Waals surface area contributed by atoms with E-state index < -0.39 is 17.0 Å². The quantitative estimate of drug-likeness (QED) is 0.399. The van der Waals surface area contributed by atoms with Gasteiger partial charge in [0.2, 0.25) is 18.6 Å². The Bertz CT molecular complexity index is 1430. The molecule has 1 saturated heterocycles. The molecule has 0 radical (unpaired) electrons. The monoisotopic (exact) mass is 549 g/mol. The fourth-order valence-electron chi connectivity index (χ4n) is 4.00. The molecule has 1 fully saturated rings. The number of hydrogen-bond acceptors (Lipinski definition) is 8. The molecule has 0 aliphatic carbocycles. The van der Waals surface area contributed by atoms with Crippen molar-refractivity contribution < 1.29 is 33.0 Å². The van der Waals surface area contributed by atoms with E-state index in [-0.39, 0.29) is 38.2 Å². The highest BCUT2D eigenvalue weighted by molar-refractivity contribution is 8.15. The van der Waals surface area contributed by atoms with E-state index in [1.54, 1.807) is 43.3 Å². The van der Waals surface area contributed by atoms with Crippen molar-refractivity contribution in [1.29, 1.82) is 0 Å². The number of halogens is 1. The Morgan fingerprint density at radius 1 is 1.08 bits per heavy atom. The van der Waals surface area contributed by atoms with Crippen LogP contribution in [0.25, 0.3) is 0 Å². The van der Waals surface area contributed by atoms with Gasteiger partial charge in [-0.05, 0) is 73.2 Å². The predicted molar refractivity (Wildman–Crippen MR) is 144 cm³/mol. The highest BCUT2D eigenvalue weighted by Gasteiger charge is 2.39. The van der Waals surface area contributed by atoms with Crippen molar-refractivity contribution in [3.8, 4) is 11.5 Å². The number of aliphatic imine (C=N–C) groups is 1. The lowest BCUT2D eigenvalue weighted by Crippen LogP contribution is -2.33. The molecule has 39 heavy (non-hydrogen) atoms. The summed E-state index contributed by atoms with van der Waals surface area (Å²) in [4.78, 5) is 44.2. The third kappa shape index (κ3) is 6.20. The number of carbonyl (C=O) groups is 3. The Kier molecular flexibility index (Phi) is 7.78. The molecular weight excluding hydrogens is 525 g/mol. The third-order valence-electron chi connectivity index (χ3n) is 5.90. The predicted octanol–water partition coefficient (Wildman–Crippen LogP) is 4.89. The van der Waals surface area contributed by atoms with Crippen LogP contribution in [-0.4, -0.2) is 46.5 Å². The highest BCUT2D eigenvalue weighted by Crippen LogP contribution is 2.36. The van der Waals surface area contributed by atoms with Gasteiger partial charge in [-0.25, -0.2) is 14.2 Å². The standard InChI is InChI=1S/C28H24FN3O6S/c1-2-36-27(35)18-4-8-20(9-5-18)30-25(33)14-24-26(34)32(15-17-3-12-22-23(13-17)38-16-37-22)28(39-24)31-21-10-6-19(29)7-11-21/h3-13,24H,2,14-16H2,1H3,(H,30,33)/t24-/m0/s1. The maximum Gasteiger partial charge on any atom is 0.338 e. The van der Waals surface area contributed by atoms with Gasteiger partial charge < -0.3 is 19.5 Å². The fourth-order valence-corrected chi connectivity index (χ4v) is 5.16. The van der Waals surface area contributed by atoms with E-state index in [1.165, 1.54) is 40.9 Å². The Balaban J connectivity index is 1.31. The van der Waals surface area contributed by atoms with Crippen molar-refractivity contribution in [1.82, 2.24) is 4.90 Å². The maximum absolute atomic E-state index is 13.4. The molecule has 0 bridgehead atoms. The van der Waals surface area contributed by atoms with E-state index >= 15 is 0 Å². The normalized spacial score (nSPS) is 17.0. The molecule has 1 N–H and O–H groups in total. The number of nitrogens with one attached hydrogen (secondary N) is 1. The van der Waals surface area contributed by atoms with Crippen molar-refractivity contribution in [2.45, 2.75) is 25.1 Å². The van der Waals surface area contributed by atoms with Crippen LogP contribution in [0, 0.1) is 5.82 Å². The number of esters is 1. The van der Waals surface area contributed by atoms with Gasteiger partial charge in [0.15, 0.2) is 16.7 Å². The number of anilines is 1. The first-order valence-electron chi connectivity index (χ1n) is 12.2. The molecule has 9 nitrogen and oxygen atoms in total. The highest BCUT2D eigenvalue weighted by atomic mass is 32.2. The number of benzene rings is 3. The zero-order valence-electron chi connectivity index (χ0n) is 20.9. The summed E-state index contributed by atoms with van der Waals surface area (Å²) in [5.41, 5.74) is 2.14. The van der Waals surface area contributed by atoms with Gasteiger partial charge >= 0.3 is 5.97 Å². The Hall–Kier alpha value is -4.38. The molecule has 3 aromatic carbocycles. The van der Waals surface area contributed by atoms with Crippen LogP contribution in [0.15, 0.2) is 71.7 Å². The zero-order chi connectivity index (χ0) is 27.4. The topological polar surface area (TPSA) is 107 Å². The van der Waals surface area contributed by atoms with Crippen molar-refractivity contribution in [2.24, 2.45) is 4.99 Å². The molecule has 200 valence electrons. The summed E-state index contributed by atoms with van der Waals surface area (Å²) in [5.74, 6) is -0.253. The smallest absolute Gasteiger partial charge is 0.338 e. The minimum absolute atomic E-state index is 0.0940. The summed E-state index contributed by atoms with van der Waals surface area (Å²) in [6.45, 7) is 2.33. The number of amides is 2. The van der Waals surface area contributed by atoms with Gasteiger partial charge in [-0.3, -0.25) is 14.5 Å². The van der Waals surface area contributed by atoms with Crippen LogP contribution in [0.2, 0.25) is 0 Å². The number of rotatable bonds is 8. The fraction of sp³-hybridized carbons (Fsp3) is 0.214. The number of carbonyl (C=O) groups excluding carboxylic acids is 3. The first-order chi connectivity index (χ1) is 18.9. The minimum Gasteiger partial charge on any atom is -0.462 e. The van der Waals surface area contributed by atoms with E-state index in [2.05, 4.69) is 10.3 Å². The Labute approximate surface area is 228 Å². The van der Waals surface area contributed by atoms with Crippen molar-refractivity contribution >= 4 is 46.1 Å². The van der Waals surface area contributed by atoms with Crippen LogP contribution < -0.4 is 14.8 Å². The molecule has 0 unspecified atom stereocenters. The molecule has 0 spiro atoms. The number of amidine groups is 1. The molecule has 0 saturated carbocycles. The first kappa shape index (κ1) is 26.2. The minimum atomic E-state index is -0.711. The summed E-state index contributed by atoms with van der Waals surface area (Å²) in [7, 11) is 0. The molecular formula is C28H24FN3O6S. The number of hydrogen-bond donors (Lipinski definition) is 1. The van der Waals surface area contributed by atoms with Crippen LogP contribution in [0.3, 0.4) is 0 Å². The summed E-state index contributed by atoms with van der Waals surface area (Å²) in [5, 5.41) is 2.46. The number of ether oxygens (including phenoxy) is 3. The van der Waals surface area contributed by atoms with Gasteiger partial charge in [0.1, 0.15) is 11.1 Å². The van der Waals surface area contributed by atoms with E-state index in [4.69, 9.17) is 14.2 Å². The van der Waals surface area contributed by atoms with Crippen LogP contribution in [-0.2, 0) is 20.9 Å². The van der Waals surface area contributed by atoms with Gasteiger partial charge in [-0.2, -0.15) is 0 Å². The van der Waals surface area contributed by atoms with E-state index in [0.717, 1.165) is 5.56 Å². The van der Waals surface area contributed by atoms with Crippen LogP contribution in [0.1, 0.15) is 29.3 Å². The Morgan fingerprint density at radius 3 is 2.56 bits per heavy atom. The lowest BCUT2D eigenvalue weighted by atomic mass is 10.1. The number of fused-ring (bicyclic) bond motifs is 1. The second-order valence-corrected chi connectivity index (χ2v) is 9.81.